The number of fused-ring (bicyclic) bond motifs is 3. The molecular formula is C20H21N3O4S. The van der Waals surface area contributed by atoms with Gasteiger partial charge in [0.15, 0.2) is 6.61 Å². The summed E-state index contributed by atoms with van der Waals surface area (Å²) in [6.07, 6.45) is 5.93. The SMILES string of the molecule is COc1ccc(OC)c(NC(=O)COc2ncnc3sc4c(c23)CCCC4)c1. The third-order valence-electron chi connectivity index (χ3n) is 4.74. The number of aromatic nitrogens is 2. The fourth-order valence-electron chi connectivity index (χ4n) is 3.40. The molecule has 0 aliphatic heterocycles. The Bertz CT molecular complexity index is 1020. The fourth-order valence-corrected chi connectivity index (χ4v) is 4.62. The van der Waals surface area contributed by atoms with E-state index in [2.05, 4.69) is 15.3 Å². The van der Waals surface area contributed by atoms with Crippen molar-refractivity contribution in [2.45, 2.75) is 25.7 Å². The lowest BCUT2D eigenvalue weighted by Gasteiger charge is -2.13. The quantitative estimate of drug-likeness (QED) is 0.682. The van der Waals surface area contributed by atoms with Crippen molar-refractivity contribution in [3.63, 3.8) is 0 Å². The number of amides is 1. The first-order valence-electron chi connectivity index (χ1n) is 9.09. The molecule has 1 aliphatic carbocycles. The molecule has 0 atom stereocenters. The zero-order valence-corrected chi connectivity index (χ0v) is 16.6. The molecule has 146 valence electrons. The number of anilines is 1. The van der Waals surface area contributed by atoms with Crippen LogP contribution in [0.2, 0.25) is 0 Å². The molecule has 7 nitrogen and oxygen atoms in total. The second-order valence-corrected chi connectivity index (χ2v) is 7.56. The maximum absolute atomic E-state index is 12.4. The van der Waals surface area contributed by atoms with Gasteiger partial charge in [-0.3, -0.25) is 4.79 Å². The molecule has 0 radical (unpaired) electrons. The van der Waals surface area contributed by atoms with Gasteiger partial charge in [-0.15, -0.1) is 11.3 Å². The normalized spacial score (nSPS) is 13.1. The highest BCUT2D eigenvalue weighted by molar-refractivity contribution is 7.18. The zero-order chi connectivity index (χ0) is 19.5. The number of aryl methyl sites for hydroxylation is 2. The molecule has 0 saturated heterocycles. The van der Waals surface area contributed by atoms with Crippen molar-refractivity contribution < 1.29 is 19.0 Å². The first kappa shape index (κ1) is 18.5. The molecule has 1 aromatic carbocycles. The fraction of sp³-hybridized carbons (Fsp3) is 0.350. The van der Waals surface area contributed by atoms with Crippen molar-refractivity contribution in [2.75, 3.05) is 26.1 Å². The molecule has 4 rings (SSSR count). The molecule has 0 bridgehead atoms. The highest BCUT2D eigenvalue weighted by Crippen LogP contribution is 2.39. The number of rotatable bonds is 6. The molecule has 8 heteroatoms. The zero-order valence-electron chi connectivity index (χ0n) is 15.8. The lowest BCUT2D eigenvalue weighted by Crippen LogP contribution is -2.21. The smallest absolute Gasteiger partial charge is 0.262 e. The van der Waals surface area contributed by atoms with Gasteiger partial charge < -0.3 is 19.5 Å². The van der Waals surface area contributed by atoms with E-state index in [9.17, 15) is 4.79 Å². The summed E-state index contributed by atoms with van der Waals surface area (Å²) < 4.78 is 16.3. The number of hydrogen-bond donors (Lipinski definition) is 1. The van der Waals surface area contributed by atoms with Crippen LogP contribution in [0.5, 0.6) is 17.4 Å². The Morgan fingerprint density at radius 3 is 2.86 bits per heavy atom. The standard InChI is InChI=1S/C20H21N3O4S/c1-25-12-7-8-15(26-2)14(9-12)23-17(24)10-27-19-18-13-5-3-4-6-16(13)28-20(18)22-11-21-19/h7-9,11H,3-6,10H2,1-2H3,(H,23,24). The van der Waals surface area contributed by atoms with Crippen molar-refractivity contribution in [1.82, 2.24) is 9.97 Å². The van der Waals surface area contributed by atoms with Crippen LogP contribution < -0.4 is 19.5 Å². The predicted molar refractivity (Wildman–Crippen MR) is 108 cm³/mol. The van der Waals surface area contributed by atoms with E-state index in [1.807, 2.05) is 0 Å². The number of carbonyl (C=O) groups excluding carboxylic acids is 1. The van der Waals surface area contributed by atoms with Crippen LogP contribution in [0.15, 0.2) is 24.5 Å². The van der Waals surface area contributed by atoms with Crippen molar-refractivity contribution in [2.24, 2.45) is 0 Å². The lowest BCUT2D eigenvalue weighted by atomic mass is 9.97. The Labute approximate surface area is 166 Å². The Balaban J connectivity index is 1.51. The Morgan fingerprint density at radius 2 is 2.04 bits per heavy atom. The Hall–Kier alpha value is -2.87. The highest BCUT2D eigenvalue weighted by Gasteiger charge is 2.21. The maximum Gasteiger partial charge on any atom is 0.262 e. The summed E-state index contributed by atoms with van der Waals surface area (Å²) in [4.78, 5) is 23.4. The van der Waals surface area contributed by atoms with Crippen LogP contribution >= 0.6 is 11.3 Å². The average Bonchev–Trinajstić information content (AvgIpc) is 3.11. The van der Waals surface area contributed by atoms with E-state index in [-0.39, 0.29) is 12.5 Å². The summed E-state index contributed by atoms with van der Waals surface area (Å²) in [6.45, 7) is -0.156. The minimum atomic E-state index is -0.303. The van der Waals surface area contributed by atoms with Gasteiger partial charge >= 0.3 is 0 Å². The van der Waals surface area contributed by atoms with Gasteiger partial charge in [0.05, 0.1) is 25.3 Å². The molecule has 3 aromatic rings. The summed E-state index contributed by atoms with van der Waals surface area (Å²) >= 11 is 1.70. The summed E-state index contributed by atoms with van der Waals surface area (Å²) in [5.74, 6) is 1.34. The van der Waals surface area contributed by atoms with E-state index in [1.54, 1.807) is 43.8 Å². The van der Waals surface area contributed by atoms with E-state index in [0.717, 1.165) is 29.5 Å². The van der Waals surface area contributed by atoms with Crippen LogP contribution in [0.4, 0.5) is 5.69 Å². The van der Waals surface area contributed by atoms with E-state index in [0.29, 0.717) is 23.1 Å². The Kier molecular flexibility index (Phi) is 5.29. The molecule has 2 aromatic heterocycles. The number of nitrogens with zero attached hydrogens (tertiary/aromatic N) is 2. The number of nitrogens with one attached hydrogen (secondary N) is 1. The van der Waals surface area contributed by atoms with E-state index >= 15 is 0 Å². The molecule has 1 aliphatic rings. The van der Waals surface area contributed by atoms with Gasteiger partial charge in [-0.1, -0.05) is 0 Å². The average molecular weight is 399 g/mol. The third-order valence-corrected chi connectivity index (χ3v) is 5.94. The van der Waals surface area contributed by atoms with Gasteiger partial charge in [0.2, 0.25) is 5.88 Å². The number of hydrogen-bond acceptors (Lipinski definition) is 7. The first-order chi connectivity index (χ1) is 13.7. The van der Waals surface area contributed by atoms with E-state index < -0.39 is 0 Å². The topological polar surface area (TPSA) is 82.6 Å². The third kappa shape index (κ3) is 3.60. The number of ether oxygens (including phenoxy) is 3. The minimum Gasteiger partial charge on any atom is -0.497 e. The van der Waals surface area contributed by atoms with Crippen molar-refractivity contribution in [1.29, 1.82) is 0 Å². The number of thiophene rings is 1. The van der Waals surface area contributed by atoms with Gasteiger partial charge in [0.1, 0.15) is 22.7 Å². The second-order valence-electron chi connectivity index (χ2n) is 6.47. The van der Waals surface area contributed by atoms with E-state index in [1.165, 1.54) is 23.2 Å². The van der Waals surface area contributed by atoms with Gasteiger partial charge in [-0.2, -0.15) is 0 Å². The van der Waals surface area contributed by atoms with Crippen LogP contribution in [0, 0.1) is 0 Å². The maximum atomic E-state index is 12.4. The van der Waals surface area contributed by atoms with Crippen molar-refractivity contribution >= 4 is 33.1 Å². The molecule has 2 heterocycles. The van der Waals surface area contributed by atoms with Crippen LogP contribution in [-0.2, 0) is 17.6 Å². The summed E-state index contributed by atoms with van der Waals surface area (Å²) in [5, 5.41) is 3.75. The first-order valence-corrected chi connectivity index (χ1v) is 9.91. The van der Waals surface area contributed by atoms with Crippen LogP contribution in [-0.4, -0.2) is 36.7 Å². The second kappa shape index (κ2) is 8.02. The highest BCUT2D eigenvalue weighted by atomic mass is 32.1. The van der Waals surface area contributed by atoms with Gasteiger partial charge in [0.25, 0.3) is 5.91 Å². The van der Waals surface area contributed by atoms with Crippen molar-refractivity contribution in [3.8, 4) is 17.4 Å². The van der Waals surface area contributed by atoms with Crippen molar-refractivity contribution in [3.05, 3.63) is 35.0 Å². The molecule has 1 amide bonds. The summed E-state index contributed by atoms with van der Waals surface area (Å²) in [7, 11) is 3.11. The van der Waals surface area contributed by atoms with Gasteiger partial charge in [0, 0.05) is 10.9 Å². The van der Waals surface area contributed by atoms with Crippen LogP contribution in [0.3, 0.4) is 0 Å². The largest absolute Gasteiger partial charge is 0.497 e. The van der Waals surface area contributed by atoms with Crippen LogP contribution in [0.25, 0.3) is 10.2 Å². The number of benzene rings is 1. The molecule has 0 fully saturated rings. The number of methoxy groups -OCH3 is 2. The molecule has 0 unspecified atom stereocenters. The predicted octanol–water partition coefficient (Wildman–Crippen LogP) is 3.60. The number of carbonyl (C=O) groups is 1. The Morgan fingerprint density at radius 1 is 1.18 bits per heavy atom. The summed E-state index contributed by atoms with van der Waals surface area (Å²) in [5.41, 5.74) is 1.80. The minimum absolute atomic E-state index is 0.156. The van der Waals surface area contributed by atoms with Gasteiger partial charge in [-0.05, 0) is 43.4 Å². The van der Waals surface area contributed by atoms with Crippen LogP contribution in [0.1, 0.15) is 23.3 Å². The molecule has 0 spiro atoms. The lowest BCUT2D eigenvalue weighted by molar-refractivity contribution is -0.118. The molecule has 0 saturated carbocycles. The van der Waals surface area contributed by atoms with E-state index in [4.69, 9.17) is 14.2 Å². The van der Waals surface area contributed by atoms with Gasteiger partial charge in [-0.25, -0.2) is 9.97 Å². The molecule has 1 N–H and O–H groups in total. The summed E-state index contributed by atoms with van der Waals surface area (Å²) in [6, 6.07) is 5.21. The molecule has 28 heavy (non-hydrogen) atoms. The monoisotopic (exact) mass is 399 g/mol. The molecular weight excluding hydrogens is 378 g/mol.